The summed E-state index contributed by atoms with van der Waals surface area (Å²) in [6.45, 7) is 0. The number of amides is 2. The van der Waals surface area contributed by atoms with Crippen LogP contribution < -0.4 is 21.8 Å². The van der Waals surface area contributed by atoms with Crippen LogP contribution in [0.4, 0.5) is 11.4 Å². The number of nitrogens with zero attached hydrogens (tertiary/aromatic N) is 2. The summed E-state index contributed by atoms with van der Waals surface area (Å²) in [5.74, 6) is -2.09. The first-order chi connectivity index (χ1) is 19.6. The van der Waals surface area contributed by atoms with Crippen molar-refractivity contribution in [3.63, 3.8) is 0 Å². The summed E-state index contributed by atoms with van der Waals surface area (Å²) in [5.41, 5.74) is -4.31. The van der Waals surface area contributed by atoms with Crippen molar-refractivity contribution >= 4 is 43.4 Å². The van der Waals surface area contributed by atoms with E-state index < -0.39 is 75.5 Å². The molecule has 4 aromatic rings. The predicted octanol–water partition coefficient (Wildman–Crippen LogP) is 1.15. The van der Waals surface area contributed by atoms with E-state index in [1.165, 1.54) is 12.1 Å². The average molecular weight is 619 g/mol. The van der Waals surface area contributed by atoms with Crippen molar-refractivity contribution in [3.8, 4) is 11.1 Å². The molecule has 4 rings (SSSR count). The number of carbonyl (C=O) groups excluding carboxylic acids is 2. The van der Waals surface area contributed by atoms with Crippen LogP contribution in [0, 0.1) is 0 Å². The maximum atomic E-state index is 12.5. The molecule has 0 aliphatic heterocycles. The molecule has 18 heteroatoms. The minimum atomic E-state index is -5.12. The van der Waals surface area contributed by atoms with Crippen LogP contribution in [0.25, 0.3) is 11.1 Å². The lowest BCUT2D eigenvalue weighted by molar-refractivity contribution is 0.0951. The highest BCUT2D eigenvalue weighted by atomic mass is 32.2. The molecule has 0 aliphatic carbocycles. The molecule has 0 fully saturated rings. The first-order valence-corrected chi connectivity index (χ1v) is 14.1. The Labute approximate surface area is 235 Å². The summed E-state index contributed by atoms with van der Waals surface area (Å²) < 4.78 is 68.9. The van der Waals surface area contributed by atoms with E-state index in [1.54, 1.807) is 0 Å². The van der Waals surface area contributed by atoms with Crippen molar-refractivity contribution < 1.29 is 45.9 Å². The van der Waals surface area contributed by atoms with Crippen molar-refractivity contribution in [1.82, 2.24) is 9.46 Å². The lowest BCUT2D eigenvalue weighted by Crippen LogP contribution is -2.26. The minimum absolute atomic E-state index is 0.0452. The minimum Gasteiger partial charge on any atom is -0.425 e. The Hall–Kier alpha value is -5.30. The summed E-state index contributed by atoms with van der Waals surface area (Å²) in [4.78, 5) is 46.4. The van der Waals surface area contributed by atoms with Gasteiger partial charge in [-0.3, -0.25) is 28.3 Å². The topological polar surface area (TPSA) is 251 Å². The normalized spacial score (nSPS) is 11.6. The van der Waals surface area contributed by atoms with E-state index in [1.807, 2.05) is 0 Å². The highest BCUT2D eigenvalue weighted by Gasteiger charge is 2.25. The molecule has 0 unspecified atom stereocenters. The van der Waals surface area contributed by atoms with Crippen LogP contribution in [0.1, 0.15) is 21.0 Å². The predicted molar refractivity (Wildman–Crippen MR) is 143 cm³/mol. The van der Waals surface area contributed by atoms with Crippen LogP contribution in [-0.4, -0.2) is 57.6 Å². The second-order valence-corrected chi connectivity index (χ2v) is 11.2. The van der Waals surface area contributed by atoms with E-state index in [0.29, 0.717) is 0 Å². The number of benzene rings is 2. The molecule has 2 aromatic heterocycles. The Balaban J connectivity index is 1.77. The number of pyridine rings is 2. The number of nitrogens with one attached hydrogen (secondary N) is 2. The summed E-state index contributed by atoms with van der Waals surface area (Å²) in [6, 6.07) is 12.2. The SMILES string of the molecule is O=C(Nc1ccc(-c2ccc(NC(=O)c3cccc(=O)n3O)cc2S(=O)(=O)O)c(S(=O)(=O)O)c1)c1cccc(=O)n1O. The molecule has 0 aliphatic rings. The zero-order valence-corrected chi connectivity index (χ0v) is 22.3. The second kappa shape index (κ2) is 10.9. The van der Waals surface area contributed by atoms with Crippen LogP contribution in [0.2, 0.25) is 0 Å². The Morgan fingerprint density at radius 3 is 1.29 bits per heavy atom. The van der Waals surface area contributed by atoms with Gasteiger partial charge in [0.05, 0.1) is 0 Å². The standard InChI is InChI=1S/C24H18N4O12S2/c29-21-5-1-3-17(27(21)33)23(31)25-13-7-9-15(19(11-13)41(35,36)37)16-10-8-14(12-20(16)42(38,39)40)26-24(32)18-4-2-6-22(30)28(18)34/h1-12,33-34H,(H,25,31)(H,26,32)(H,35,36,37)(H,38,39,40). The number of aromatic nitrogens is 2. The lowest BCUT2D eigenvalue weighted by Gasteiger charge is -2.15. The fourth-order valence-corrected chi connectivity index (χ4v) is 5.23. The quantitative estimate of drug-likeness (QED) is 0.126. The van der Waals surface area contributed by atoms with E-state index in [-0.39, 0.29) is 20.8 Å². The Morgan fingerprint density at radius 2 is 0.952 bits per heavy atom. The number of rotatable bonds is 7. The van der Waals surface area contributed by atoms with Crippen molar-refractivity contribution in [2.75, 3.05) is 10.6 Å². The van der Waals surface area contributed by atoms with Gasteiger partial charge in [-0.1, -0.05) is 24.3 Å². The van der Waals surface area contributed by atoms with Gasteiger partial charge in [0.2, 0.25) is 0 Å². The van der Waals surface area contributed by atoms with Crippen molar-refractivity contribution in [3.05, 3.63) is 105 Å². The molecule has 42 heavy (non-hydrogen) atoms. The van der Waals surface area contributed by atoms with Gasteiger partial charge in [0.1, 0.15) is 21.2 Å². The molecule has 6 N–H and O–H groups in total. The number of carbonyl (C=O) groups is 2. The number of hydrogen-bond acceptors (Lipinski definition) is 10. The Morgan fingerprint density at radius 1 is 0.595 bits per heavy atom. The molecule has 0 spiro atoms. The van der Waals surface area contributed by atoms with Crippen LogP contribution in [-0.2, 0) is 20.2 Å². The van der Waals surface area contributed by atoms with Crippen LogP contribution >= 0.6 is 0 Å². The molecule has 2 heterocycles. The zero-order chi connectivity index (χ0) is 31.0. The van der Waals surface area contributed by atoms with Crippen molar-refractivity contribution in [2.45, 2.75) is 9.79 Å². The Kier molecular flexibility index (Phi) is 7.73. The second-order valence-electron chi connectivity index (χ2n) is 8.40. The molecule has 2 amide bonds. The maximum Gasteiger partial charge on any atom is 0.295 e. The monoisotopic (exact) mass is 618 g/mol. The number of hydrogen-bond donors (Lipinski definition) is 6. The van der Waals surface area contributed by atoms with E-state index in [9.17, 15) is 55.5 Å². The van der Waals surface area contributed by atoms with Gasteiger partial charge in [0, 0.05) is 34.6 Å². The highest BCUT2D eigenvalue weighted by Crippen LogP contribution is 2.36. The van der Waals surface area contributed by atoms with Gasteiger partial charge in [0.25, 0.3) is 43.2 Å². The fourth-order valence-electron chi connectivity index (χ4n) is 3.77. The van der Waals surface area contributed by atoms with Gasteiger partial charge < -0.3 is 21.0 Å². The summed E-state index contributed by atoms with van der Waals surface area (Å²) in [7, 11) is -10.2. The largest absolute Gasteiger partial charge is 0.425 e. The molecular formula is C24H18N4O12S2. The van der Waals surface area contributed by atoms with Crippen LogP contribution in [0.3, 0.4) is 0 Å². The third-order valence-corrected chi connectivity index (χ3v) is 7.44. The third-order valence-electron chi connectivity index (χ3n) is 5.65. The van der Waals surface area contributed by atoms with Gasteiger partial charge in [0.15, 0.2) is 0 Å². The van der Waals surface area contributed by atoms with Gasteiger partial charge in [-0.15, -0.1) is 9.46 Å². The third kappa shape index (κ3) is 6.05. The summed E-state index contributed by atoms with van der Waals surface area (Å²) >= 11 is 0. The first kappa shape index (κ1) is 29.7. The maximum absolute atomic E-state index is 12.5. The van der Waals surface area contributed by atoms with Crippen LogP contribution in [0.15, 0.2) is 92.2 Å². The molecule has 16 nitrogen and oxygen atoms in total. The molecule has 2 aromatic carbocycles. The molecule has 0 saturated carbocycles. The van der Waals surface area contributed by atoms with Gasteiger partial charge in [-0.25, -0.2) is 0 Å². The van der Waals surface area contributed by atoms with E-state index in [2.05, 4.69) is 10.6 Å². The van der Waals surface area contributed by atoms with Gasteiger partial charge >= 0.3 is 0 Å². The molecule has 0 saturated heterocycles. The fraction of sp³-hybridized carbons (Fsp3) is 0. The van der Waals surface area contributed by atoms with Gasteiger partial charge in [-0.2, -0.15) is 16.8 Å². The van der Waals surface area contributed by atoms with Crippen molar-refractivity contribution in [1.29, 1.82) is 0 Å². The molecule has 0 radical (unpaired) electrons. The lowest BCUT2D eigenvalue weighted by atomic mass is 10.0. The molecule has 218 valence electrons. The summed E-state index contributed by atoms with van der Waals surface area (Å²) in [6.07, 6.45) is 0. The van der Waals surface area contributed by atoms with Crippen LogP contribution in [0.5, 0.6) is 0 Å². The molecule has 0 atom stereocenters. The Bertz CT molecular complexity index is 1950. The van der Waals surface area contributed by atoms with E-state index in [4.69, 9.17) is 0 Å². The first-order valence-electron chi connectivity index (χ1n) is 11.3. The summed E-state index contributed by atoms with van der Waals surface area (Å²) in [5, 5.41) is 24.0. The smallest absolute Gasteiger partial charge is 0.295 e. The molecule has 0 bridgehead atoms. The average Bonchev–Trinajstić information content (AvgIpc) is 2.90. The van der Waals surface area contributed by atoms with Crippen molar-refractivity contribution in [2.24, 2.45) is 0 Å². The zero-order valence-electron chi connectivity index (χ0n) is 20.7. The van der Waals surface area contributed by atoms with Gasteiger partial charge in [-0.05, 0) is 36.4 Å². The molecular weight excluding hydrogens is 600 g/mol. The highest BCUT2D eigenvalue weighted by molar-refractivity contribution is 7.86. The number of anilines is 2. The van der Waals surface area contributed by atoms with E-state index >= 15 is 0 Å². The van der Waals surface area contributed by atoms with E-state index in [0.717, 1.165) is 60.7 Å².